The van der Waals surface area contributed by atoms with Gasteiger partial charge in [0, 0.05) is 17.3 Å². The van der Waals surface area contributed by atoms with Crippen molar-refractivity contribution in [3.8, 4) is 5.75 Å². The van der Waals surface area contributed by atoms with Gasteiger partial charge in [-0.15, -0.1) is 0 Å². The molecular formula is C21H21F2NO5. The third-order valence-corrected chi connectivity index (χ3v) is 4.22. The Hall–Kier alpha value is -3.29. The van der Waals surface area contributed by atoms with Crippen LogP contribution in [0.3, 0.4) is 0 Å². The summed E-state index contributed by atoms with van der Waals surface area (Å²) >= 11 is 0. The van der Waals surface area contributed by atoms with Crippen molar-refractivity contribution in [3.63, 3.8) is 0 Å². The second-order valence-electron chi connectivity index (χ2n) is 6.41. The number of ether oxygens (including phenoxy) is 2. The van der Waals surface area contributed by atoms with E-state index in [0.717, 1.165) is 6.08 Å². The second kappa shape index (κ2) is 9.27. The van der Waals surface area contributed by atoms with Gasteiger partial charge < -0.3 is 14.5 Å². The number of hydrogen-bond donors (Lipinski definition) is 1. The highest BCUT2D eigenvalue weighted by Gasteiger charge is 2.25. The number of carbonyl (C=O) groups is 3. The van der Waals surface area contributed by atoms with E-state index < -0.39 is 24.5 Å². The van der Waals surface area contributed by atoms with Gasteiger partial charge in [-0.3, -0.25) is 9.59 Å². The molecule has 1 N–H and O–H groups in total. The summed E-state index contributed by atoms with van der Waals surface area (Å²) in [6, 6.07) is 5.66. The minimum atomic E-state index is -2.91. The van der Waals surface area contributed by atoms with E-state index in [1.54, 1.807) is 13.8 Å². The van der Waals surface area contributed by atoms with Gasteiger partial charge in [0.2, 0.25) is 5.78 Å². The number of aromatic nitrogens is 1. The Labute approximate surface area is 166 Å². The van der Waals surface area contributed by atoms with Crippen LogP contribution in [-0.4, -0.2) is 35.2 Å². The molecule has 0 unspecified atom stereocenters. The Morgan fingerprint density at radius 3 is 2.24 bits per heavy atom. The van der Waals surface area contributed by atoms with Crippen molar-refractivity contribution in [1.82, 2.24) is 4.98 Å². The molecule has 29 heavy (non-hydrogen) atoms. The van der Waals surface area contributed by atoms with Crippen LogP contribution in [0.15, 0.2) is 30.3 Å². The monoisotopic (exact) mass is 405 g/mol. The van der Waals surface area contributed by atoms with E-state index in [4.69, 9.17) is 4.74 Å². The average Bonchev–Trinajstić information content (AvgIpc) is 2.94. The number of alkyl halides is 2. The maximum absolute atomic E-state index is 12.6. The molecule has 0 fully saturated rings. The van der Waals surface area contributed by atoms with Crippen LogP contribution in [0.1, 0.15) is 51.5 Å². The van der Waals surface area contributed by atoms with E-state index in [9.17, 15) is 23.2 Å². The van der Waals surface area contributed by atoms with Gasteiger partial charge in [0.05, 0.1) is 5.69 Å². The number of H-pyrrole nitrogens is 1. The lowest BCUT2D eigenvalue weighted by molar-refractivity contribution is -0.140. The zero-order valence-electron chi connectivity index (χ0n) is 16.4. The van der Waals surface area contributed by atoms with Gasteiger partial charge >= 0.3 is 12.6 Å². The van der Waals surface area contributed by atoms with Crippen molar-refractivity contribution in [3.05, 3.63) is 58.4 Å². The summed E-state index contributed by atoms with van der Waals surface area (Å²) in [7, 11) is 0. The van der Waals surface area contributed by atoms with E-state index >= 15 is 0 Å². The molecule has 0 bridgehead atoms. The second-order valence-corrected chi connectivity index (χ2v) is 6.41. The van der Waals surface area contributed by atoms with Crippen molar-refractivity contribution >= 4 is 23.6 Å². The van der Waals surface area contributed by atoms with Gasteiger partial charge in [-0.1, -0.05) is 12.1 Å². The third-order valence-electron chi connectivity index (χ3n) is 4.22. The van der Waals surface area contributed by atoms with Crippen molar-refractivity contribution in [2.24, 2.45) is 0 Å². The highest BCUT2D eigenvalue weighted by atomic mass is 19.3. The molecular weight excluding hydrogens is 384 g/mol. The van der Waals surface area contributed by atoms with Crippen LogP contribution in [-0.2, 0) is 9.53 Å². The number of esters is 1. The topological polar surface area (TPSA) is 85.5 Å². The van der Waals surface area contributed by atoms with Crippen LogP contribution in [0.4, 0.5) is 8.78 Å². The molecule has 1 atom stereocenters. The van der Waals surface area contributed by atoms with Crippen LogP contribution in [0.2, 0.25) is 0 Å². The molecule has 2 aromatic rings. The van der Waals surface area contributed by atoms with Crippen LogP contribution in [0.25, 0.3) is 6.08 Å². The molecule has 2 rings (SSSR count). The molecule has 1 heterocycles. The fourth-order valence-electron chi connectivity index (χ4n) is 2.92. The van der Waals surface area contributed by atoms with E-state index in [0.29, 0.717) is 22.4 Å². The van der Waals surface area contributed by atoms with E-state index in [2.05, 4.69) is 9.72 Å². The molecule has 0 saturated carbocycles. The lowest BCUT2D eigenvalue weighted by Gasteiger charge is -2.10. The quantitative estimate of drug-likeness (QED) is 0.403. The molecule has 154 valence electrons. The number of halogens is 2. The normalized spacial score (nSPS) is 12.2. The number of carbonyl (C=O) groups excluding carboxylic acids is 3. The Balaban J connectivity index is 2.01. The first-order valence-electron chi connectivity index (χ1n) is 8.78. The number of hydrogen-bond acceptors (Lipinski definition) is 5. The smallest absolute Gasteiger partial charge is 0.387 e. The number of rotatable bonds is 8. The summed E-state index contributed by atoms with van der Waals surface area (Å²) in [5.74, 6) is -1.35. The molecule has 1 aromatic heterocycles. The molecule has 0 aliphatic heterocycles. The van der Waals surface area contributed by atoms with Crippen LogP contribution < -0.4 is 4.74 Å². The van der Waals surface area contributed by atoms with Gasteiger partial charge in [0.15, 0.2) is 11.9 Å². The minimum absolute atomic E-state index is 0.000451. The van der Waals surface area contributed by atoms with Crippen molar-refractivity contribution in [2.75, 3.05) is 0 Å². The third kappa shape index (κ3) is 5.60. The molecule has 1 aromatic carbocycles. The number of ketones is 2. The molecule has 0 radical (unpaired) electrons. The van der Waals surface area contributed by atoms with Gasteiger partial charge in [0.25, 0.3) is 0 Å². The highest BCUT2D eigenvalue weighted by molar-refractivity contribution is 6.05. The van der Waals surface area contributed by atoms with E-state index in [1.807, 2.05) is 0 Å². The first-order valence-corrected chi connectivity index (χ1v) is 8.78. The van der Waals surface area contributed by atoms with Gasteiger partial charge in [-0.2, -0.15) is 8.78 Å². The molecule has 0 saturated heterocycles. The Bertz CT molecular complexity index is 945. The maximum atomic E-state index is 12.6. The summed E-state index contributed by atoms with van der Waals surface area (Å²) in [4.78, 5) is 39.1. The summed E-state index contributed by atoms with van der Waals surface area (Å²) in [6.07, 6.45) is 1.48. The minimum Gasteiger partial charge on any atom is -0.451 e. The highest BCUT2D eigenvalue weighted by Crippen LogP contribution is 2.20. The Kier molecular flexibility index (Phi) is 7.03. The Morgan fingerprint density at radius 1 is 1.10 bits per heavy atom. The molecule has 0 spiro atoms. The summed E-state index contributed by atoms with van der Waals surface area (Å²) in [5, 5.41) is 0. The van der Waals surface area contributed by atoms with Gasteiger partial charge in [-0.05, 0) is 57.0 Å². The summed E-state index contributed by atoms with van der Waals surface area (Å²) < 4.78 is 33.6. The number of Topliss-reactive ketones (excluding diaryl/α,β-unsaturated/α-hetero) is 2. The number of aromatic amines is 1. The molecule has 0 aliphatic rings. The first-order chi connectivity index (χ1) is 13.6. The van der Waals surface area contributed by atoms with Crippen LogP contribution in [0.5, 0.6) is 5.75 Å². The SMILES string of the molecule is CC(=O)c1c(C)[nH]c(C(=O)[C@H](C)OC(=O)/C=C/c2ccc(OC(F)F)cc2)c1C. The predicted molar refractivity (Wildman–Crippen MR) is 102 cm³/mol. The van der Waals surface area contributed by atoms with Crippen molar-refractivity contribution in [2.45, 2.75) is 40.4 Å². The first kappa shape index (κ1) is 22.0. The zero-order valence-corrected chi connectivity index (χ0v) is 16.4. The van der Waals surface area contributed by atoms with Gasteiger partial charge in [-0.25, -0.2) is 4.79 Å². The zero-order chi connectivity index (χ0) is 21.7. The van der Waals surface area contributed by atoms with E-state index in [-0.39, 0.29) is 17.2 Å². The Morgan fingerprint density at radius 2 is 1.72 bits per heavy atom. The fraction of sp³-hybridized carbons (Fsp3) is 0.286. The number of aryl methyl sites for hydroxylation is 1. The lowest BCUT2D eigenvalue weighted by Crippen LogP contribution is -2.24. The summed E-state index contributed by atoms with van der Waals surface area (Å²) in [5.41, 5.74) is 2.34. The fourth-order valence-corrected chi connectivity index (χ4v) is 2.92. The summed E-state index contributed by atoms with van der Waals surface area (Å²) in [6.45, 7) is 3.29. The predicted octanol–water partition coefficient (Wildman–Crippen LogP) is 4.26. The van der Waals surface area contributed by atoms with E-state index in [1.165, 1.54) is 44.2 Å². The molecule has 0 aliphatic carbocycles. The van der Waals surface area contributed by atoms with Crippen molar-refractivity contribution in [1.29, 1.82) is 0 Å². The maximum Gasteiger partial charge on any atom is 0.387 e. The van der Waals surface area contributed by atoms with Crippen LogP contribution in [0, 0.1) is 13.8 Å². The largest absolute Gasteiger partial charge is 0.451 e. The lowest BCUT2D eigenvalue weighted by atomic mass is 10.0. The van der Waals surface area contributed by atoms with Gasteiger partial charge in [0.1, 0.15) is 5.75 Å². The number of nitrogens with one attached hydrogen (secondary N) is 1. The standard InChI is InChI=1S/C21H21F2NO5/c1-11-18(13(3)25)12(2)24-19(11)20(27)14(4)28-17(26)10-7-15-5-8-16(9-6-15)29-21(22)23/h5-10,14,21,24H,1-4H3/b10-7+/t14-/m0/s1. The number of benzene rings is 1. The average molecular weight is 405 g/mol. The molecule has 6 nitrogen and oxygen atoms in total. The van der Waals surface area contributed by atoms with Crippen LogP contribution >= 0.6 is 0 Å². The molecule has 8 heteroatoms. The van der Waals surface area contributed by atoms with Crippen molar-refractivity contribution < 1.29 is 32.6 Å². The molecule has 0 amide bonds.